The third-order valence-electron chi connectivity index (χ3n) is 5.70. The lowest BCUT2D eigenvalue weighted by Crippen LogP contribution is -2.32. The molecule has 2 aromatic heterocycles. The number of hydrogen-bond donors (Lipinski definition) is 2. The van der Waals surface area contributed by atoms with Gasteiger partial charge in [0.1, 0.15) is 12.1 Å². The maximum atomic E-state index is 11.8. The zero-order valence-electron chi connectivity index (χ0n) is 16.8. The predicted octanol–water partition coefficient (Wildman–Crippen LogP) is 2.76. The summed E-state index contributed by atoms with van der Waals surface area (Å²) in [5.74, 6) is 1.67. The normalized spacial score (nSPS) is 19.1. The van der Waals surface area contributed by atoms with Gasteiger partial charge in [-0.15, -0.1) is 10.2 Å². The number of aromatic nitrogens is 4. The summed E-state index contributed by atoms with van der Waals surface area (Å²) in [4.78, 5) is 11.8. The van der Waals surface area contributed by atoms with Crippen LogP contribution >= 0.6 is 0 Å². The molecular weight excluding hydrogens is 368 g/mol. The molecule has 0 spiro atoms. The van der Waals surface area contributed by atoms with E-state index in [1.165, 1.54) is 0 Å². The fraction of sp³-hybridized carbons (Fsp3) is 0.429. The highest BCUT2D eigenvalue weighted by atomic mass is 16.5. The Hall–Kier alpha value is -3.16. The van der Waals surface area contributed by atoms with Crippen molar-refractivity contribution in [2.24, 2.45) is 11.8 Å². The fourth-order valence-corrected chi connectivity index (χ4v) is 3.95. The number of rotatable bonds is 6. The molecule has 0 radical (unpaired) electrons. The SMILES string of the molecule is CNC(=O)C1CCC(CNc2cc(-c3ccc(OC)cc3)nn3cnnc23)CC1. The number of carbonyl (C=O) groups is 1. The highest BCUT2D eigenvalue weighted by Gasteiger charge is 2.25. The molecule has 152 valence electrons. The number of carbonyl (C=O) groups excluding carboxylic acids is 1. The van der Waals surface area contributed by atoms with Crippen molar-refractivity contribution >= 4 is 17.2 Å². The summed E-state index contributed by atoms with van der Waals surface area (Å²) in [5.41, 5.74) is 3.46. The van der Waals surface area contributed by atoms with Crippen molar-refractivity contribution in [2.45, 2.75) is 25.7 Å². The molecule has 4 rings (SSSR count). The highest BCUT2D eigenvalue weighted by Crippen LogP contribution is 2.30. The first-order chi connectivity index (χ1) is 14.2. The van der Waals surface area contributed by atoms with Gasteiger partial charge in [-0.3, -0.25) is 4.79 Å². The van der Waals surface area contributed by atoms with Crippen LogP contribution < -0.4 is 15.4 Å². The number of ether oxygens (including phenoxy) is 1. The Morgan fingerprint density at radius 1 is 1.21 bits per heavy atom. The first kappa shape index (κ1) is 19.2. The van der Waals surface area contributed by atoms with Crippen molar-refractivity contribution in [3.05, 3.63) is 36.7 Å². The third-order valence-corrected chi connectivity index (χ3v) is 5.70. The molecule has 8 nitrogen and oxygen atoms in total. The van der Waals surface area contributed by atoms with Gasteiger partial charge >= 0.3 is 0 Å². The summed E-state index contributed by atoms with van der Waals surface area (Å²) in [6.07, 6.45) is 5.59. The molecule has 1 fully saturated rings. The van der Waals surface area contributed by atoms with E-state index in [1.54, 1.807) is 25.0 Å². The third kappa shape index (κ3) is 4.16. The summed E-state index contributed by atoms with van der Waals surface area (Å²) in [7, 11) is 3.37. The van der Waals surface area contributed by atoms with E-state index in [9.17, 15) is 4.79 Å². The van der Waals surface area contributed by atoms with E-state index in [0.29, 0.717) is 11.6 Å². The number of nitrogens with zero attached hydrogens (tertiary/aromatic N) is 4. The number of fused-ring (bicyclic) bond motifs is 1. The Labute approximate surface area is 169 Å². The Bertz CT molecular complexity index is 977. The van der Waals surface area contributed by atoms with E-state index in [4.69, 9.17) is 4.74 Å². The molecule has 8 heteroatoms. The molecule has 1 aliphatic carbocycles. The molecule has 1 aliphatic rings. The number of methoxy groups -OCH3 is 1. The fourth-order valence-electron chi connectivity index (χ4n) is 3.95. The maximum absolute atomic E-state index is 11.8. The van der Waals surface area contributed by atoms with E-state index in [2.05, 4.69) is 25.9 Å². The molecule has 1 saturated carbocycles. The second-order valence-electron chi connectivity index (χ2n) is 7.48. The van der Waals surface area contributed by atoms with E-state index < -0.39 is 0 Å². The summed E-state index contributed by atoms with van der Waals surface area (Å²) in [6.45, 7) is 0.842. The Balaban J connectivity index is 1.48. The van der Waals surface area contributed by atoms with Gasteiger partial charge in [0, 0.05) is 25.1 Å². The van der Waals surface area contributed by atoms with Crippen LogP contribution in [0.3, 0.4) is 0 Å². The van der Waals surface area contributed by atoms with E-state index in [0.717, 1.165) is 54.9 Å². The molecule has 1 amide bonds. The van der Waals surface area contributed by atoms with Gasteiger partial charge in [-0.2, -0.15) is 9.61 Å². The van der Waals surface area contributed by atoms with Gasteiger partial charge in [-0.1, -0.05) is 0 Å². The molecule has 29 heavy (non-hydrogen) atoms. The topological polar surface area (TPSA) is 93.4 Å². The molecule has 0 bridgehead atoms. The second-order valence-corrected chi connectivity index (χ2v) is 7.48. The lowest BCUT2D eigenvalue weighted by molar-refractivity contribution is -0.125. The van der Waals surface area contributed by atoms with Crippen molar-refractivity contribution in [3.63, 3.8) is 0 Å². The number of hydrogen-bond acceptors (Lipinski definition) is 6. The van der Waals surface area contributed by atoms with Crippen LogP contribution in [0.25, 0.3) is 16.9 Å². The molecule has 3 aromatic rings. The zero-order chi connectivity index (χ0) is 20.2. The van der Waals surface area contributed by atoms with Crippen LogP contribution in [0.4, 0.5) is 5.69 Å². The van der Waals surface area contributed by atoms with Crippen LogP contribution in [0.5, 0.6) is 5.75 Å². The van der Waals surface area contributed by atoms with Gasteiger partial charge in [-0.05, 0) is 61.9 Å². The molecule has 0 unspecified atom stereocenters. The highest BCUT2D eigenvalue weighted by molar-refractivity contribution is 5.78. The van der Waals surface area contributed by atoms with Gasteiger partial charge in [0.15, 0.2) is 0 Å². The monoisotopic (exact) mass is 394 g/mol. The number of nitrogens with one attached hydrogen (secondary N) is 2. The molecule has 0 saturated heterocycles. The zero-order valence-corrected chi connectivity index (χ0v) is 16.8. The van der Waals surface area contributed by atoms with Gasteiger partial charge in [0.05, 0.1) is 18.5 Å². The lowest BCUT2D eigenvalue weighted by Gasteiger charge is -2.27. The van der Waals surface area contributed by atoms with Gasteiger partial charge in [0.25, 0.3) is 0 Å². The molecule has 2 heterocycles. The quantitative estimate of drug-likeness (QED) is 0.668. The standard InChI is InChI=1S/C21H26N6O2/c1-22-21(28)16-5-3-14(4-6-16)12-23-19-11-18(26-27-13-24-25-20(19)27)15-7-9-17(29-2)10-8-15/h7-11,13-14,16,23H,3-6,12H2,1-2H3,(H,22,28). The van der Waals surface area contributed by atoms with Crippen LogP contribution in [-0.2, 0) is 4.79 Å². The van der Waals surface area contributed by atoms with Gasteiger partial charge in [0.2, 0.25) is 11.6 Å². The Morgan fingerprint density at radius 2 is 1.97 bits per heavy atom. The predicted molar refractivity (Wildman–Crippen MR) is 111 cm³/mol. The van der Waals surface area contributed by atoms with E-state index >= 15 is 0 Å². The lowest BCUT2D eigenvalue weighted by atomic mass is 9.81. The summed E-state index contributed by atoms with van der Waals surface area (Å²) in [5, 5.41) is 19.1. The number of anilines is 1. The number of benzene rings is 1. The summed E-state index contributed by atoms with van der Waals surface area (Å²) in [6, 6.07) is 9.83. The molecule has 0 atom stereocenters. The van der Waals surface area contributed by atoms with Crippen LogP contribution in [0.2, 0.25) is 0 Å². The average Bonchev–Trinajstić information content (AvgIpc) is 3.26. The average molecular weight is 394 g/mol. The number of amides is 1. The van der Waals surface area contributed by atoms with Gasteiger partial charge in [-0.25, -0.2) is 0 Å². The molecule has 2 N–H and O–H groups in total. The first-order valence-electron chi connectivity index (χ1n) is 9.99. The minimum Gasteiger partial charge on any atom is -0.497 e. The second kappa shape index (κ2) is 8.46. The molecule has 1 aromatic carbocycles. The van der Waals surface area contributed by atoms with Crippen LogP contribution in [0.15, 0.2) is 36.7 Å². The first-order valence-corrected chi connectivity index (χ1v) is 9.99. The van der Waals surface area contributed by atoms with Crippen LogP contribution in [-0.4, -0.2) is 46.4 Å². The summed E-state index contributed by atoms with van der Waals surface area (Å²) < 4.78 is 6.94. The van der Waals surface area contributed by atoms with Crippen molar-refractivity contribution < 1.29 is 9.53 Å². The molecular formula is C21H26N6O2. The smallest absolute Gasteiger partial charge is 0.222 e. The minimum absolute atomic E-state index is 0.155. The van der Waals surface area contributed by atoms with Gasteiger partial charge < -0.3 is 15.4 Å². The largest absolute Gasteiger partial charge is 0.497 e. The van der Waals surface area contributed by atoms with Crippen molar-refractivity contribution in [2.75, 3.05) is 26.0 Å². The van der Waals surface area contributed by atoms with E-state index in [1.807, 2.05) is 30.3 Å². The Morgan fingerprint density at radius 3 is 2.66 bits per heavy atom. The van der Waals surface area contributed by atoms with Crippen LogP contribution in [0, 0.1) is 11.8 Å². The molecule has 0 aliphatic heterocycles. The summed E-state index contributed by atoms with van der Waals surface area (Å²) >= 11 is 0. The van der Waals surface area contributed by atoms with Crippen molar-refractivity contribution in [1.82, 2.24) is 25.1 Å². The maximum Gasteiger partial charge on any atom is 0.222 e. The van der Waals surface area contributed by atoms with Crippen molar-refractivity contribution in [3.8, 4) is 17.0 Å². The van der Waals surface area contributed by atoms with Crippen molar-refractivity contribution in [1.29, 1.82) is 0 Å². The van der Waals surface area contributed by atoms with Crippen LogP contribution in [0.1, 0.15) is 25.7 Å². The van der Waals surface area contributed by atoms with E-state index in [-0.39, 0.29) is 11.8 Å². The minimum atomic E-state index is 0.155. The Kier molecular flexibility index (Phi) is 5.59.